The van der Waals surface area contributed by atoms with Crippen molar-refractivity contribution in [1.82, 2.24) is 9.97 Å². The minimum Gasteiger partial charge on any atom is -0.380 e. The third kappa shape index (κ3) is 3.45. The van der Waals surface area contributed by atoms with E-state index in [9.17, 15) is 0 Å². The fourth-order valence-corrected chi connectivity index (χ4v) is 2.17. The first-order valence-corrected chi connectivity index (χ1v) is 6.98. The lowest BCUT2D eigenvalue weighted by Crippen LogP contribution is -1.98. The van der Waals surface area contributed by atoms with Gasteiger partial charge in [0.15, 0.2) is 0 Å². The van der Waals surface area contributed by atoms with Crippen LogP contribution >= 0.6 is 0 Å². The van der Waals surface area contributed by atoms with Gasteiger partial charge >= 0.3 is 0 Å². The Hall–Kier alpha value is -2.68. The van der Waals surface area contributed by atoms with Crippen LogP contribution in [0.1, 0.15) is 11.1 Å². The smallest absolute Gasteiger partial charge is 0.0706 e. The van der Waals surface area contributed by atoms with Crippen LogP contribution < -0.4 is 5.32 Å². The molecule has 2 aromatic heterocycles. The van der Waals surface area contributed by atoms with Crippen LogP contribution in [0.25, 0.3) is 17.0 Å². The molecule has 0 spiro atoms. The Morgan fingerprint density at radius 2 is 1.95 bits per heavy atom. The van der Waals surface area contributed by atoms with Crippen LogP contribution in [-0.4, -0.2) is 16.5 Å². The highest BCUT2D eigenvalue weighted by Gasteiger charge is 1.97. The Kier molecular flexibility index (Phi) is 3.92. The van der Waals surface area contributed by atoms with Gasteiger partial charge in [-0.15, -0.1) is 0 Å². The predicted octanol–water partition coefficient (Wildman–Crippen LogP) is 4.06. The molecule has 1 aromatic carbocycles. The molecule has 1 N–H and O–H groups in total. The van der Waals surface area contributed by atoms with Gasteiger partial charge in [0.25, 0.3) is 0 Å². The zero-order valence-electron chi connectivity index (χ0n) is 12.0. The molecule has 3 rings (SSSR count). The van der Waals surface area contributed by atoms with Crippen LogP contribution in [0.2, 0.25) is 0 Å². The van der Waals surface area contributed by atoms with Crippen molar-refractivity contribution >= 4 is 22.7 Å². The molecule has 2 heterocycles. The molecule has 21 heavy (non-hydrogen) atoms. The molecule has 0 amide bonds. The summed E-state index contributed by atoms with van der Waals surface area (Å²) in [6.45, 7) is 2.85. The molecule has 0 fully saturated rings. The maximum Gasteiger partial charge on any atom is 0.0706 e. The van der Waals surface area contributed by atoms with Crippen LogP contribution in [0, 0.1) is 6.92 Å². The minimum atomic E-state index is 0.765. The molecule has 0 unspecified atom stereocenters. The SMILES string of the molecule is Cc1ccc2cc(NC/C=C/c3ccncc3)cnc2c1. The van der Waals surface area contributed by atoms with Crippen molar-refractivity contribution in [1.29, 1.82) is 0 Å². The molecule has 3 nitrogen and oxygen atoms in total. The van der Waals surface area contributed by atoms with E-state index in [0.29, 0.717) is 0 Å². The lowest BCUT2D eigenvalue weighted by molar-refractivity contribution is 1.30. The summed E-state index contributed by atoms with van der Waals surface area (Å²) in [5.74, 6) is 0. The second-order valence-electron chi connectivity index (χ2n) is 4.98. The van der Waals surface area contributed by atoms with Crippen molar-refractivity contribution in [2.75, 3.05) is 11.9 Å². The molecule has 0 radical (unpaired) electrons. The van der Waals surface area contributed by atoms with E-state index < -0.39 is 0 Å². The second-order valence-corrected chi connectivity index (χ2v) is 4.98. The van der Waals surface area contributed by atoms with Crippen LogP contribution in [0.3, 0.4) is 0 Å². The summed E-state index contributed by atoms with van der Waals surface area (Å²) in [4.78, 5) is 8.48. The van der Waals surface area contributed by atoms with Gasteiger partial charge in [0.1, 0.15) is 0 Å². The quantitative estimate of drug-likeness (QED) is 0.780. The van der Waals surface area contributed by atoms with Crippen molar-refractivity contribution in [3.63, 3.8) is 0 Å². The summed E-state index contributed by atoms with van der Waals surface area (Å²) in [6, 6.07) is 12.4. The largest absolute Gasteiger partial charge is 0.380 e. The van der Waals surface area contributed by atoms with Gasteiger partial charge in [-0.2, -0.15) is 0 Å². The van der Waals surface area contributed by atoms with Gasteiger partial charge in [0, 0.05) is 24.3 Å². The highest BCUT2D eigenvalue weighted by atomic mass is 14.9. The maximum atomic E-state index is 4.48. The number of fused-ring (bicyclic) bond motifs is 1. The Balaban J connectivity index is 1.65. The molecule has 0 aliphatic carbocycles. The van der Waals surface area contributed by atoms with E-state index >= 15 is 0 Å². The number of anilines is 1. The standard InChI is InChI=1S/C18H17N3/c1-14-4-5-16-12-17(13-21-18(16)11-14)20-8-2-3-15-6-9-19-10-7-15/h2-7,9-13,20H,8H2,1H3/b3-2+. The number of aryl methyl sites for hydroxylation is 1. The Labute approximate surface area is 124 Å². The van der Waals surface area contributed by atoms with E-state index in [2.05, 4.69) is 58.6 Å². The van der Waals surface area contributed by atoms with Crippen LogP contribution in [0.5, 0.6) is 0 Å². The highest BCUT2D eigenvalue weighted by Crippen LogP contribution is 2.17. The summed E-state index contributed by atoms with van der Waals surface area (Å²) in [7, 11) is 0. The summed E-state index contributed by atoms with van der Waals surface area (Å²) < 4.78 is 0. The third-order valence-electron chi connectivity index (χ3n) is 3.28. The minimum absolute atomic E-state index is 0.765. The molecule has 0 aliphatic rings. The number of benzene rings is 1. The molecular formula is C18H17N3. The highest BCUT2D eigenvalue weighted by molar-refractivity contribution is 5.82. The maximum absolute atomic E-state index is 4.48. The fraction of sp³-hybridized carbons (Fsp3) is 0.111. The first kappa shape index (κ1) is 13.3. The van der Waals surface area contributed by atoms with Crippen molar-refractivity contribution in [2.24, 2.45) is 0 Å². The molecule has 0 bridgehead atoms. The van der Waals surface area contributed by atoms with Crippen molar-refractivity contribution in [2.45, 2.75) is 6.92 Å². The average Bonchev–Trinajstić information content (AvgIpc) is 2.52. The summed E-state index contributed by atoms with van der Waals surface area (Å²) in [5.41, 5.74) is 4.45. The van der Waals surface area contributed by atoms with Gasteiger partial charge in [0.05, 0.1) is 17.4 Å². The lowest BCUT2D eigenvalue weighted by atomic mass is 10.1. The van der Waals surface area contributed by atoms with E-state index in [0.717, 1.165) is 28.7 Å². The molecule has 0 atom stereocenters. The van der Waals surface area contributed by atoms with E-state index in [1.54, 1.807) is 12.4 Å². The molecule has 0 saturated carbocycles. The molecule has 104 valence electrons. The summed E-state index contributed by atoms with van der Waals surface area (Å²) in [5, 5.41) is 4.51. The van der Waals surface area contributed by atoms with E-state index in [1.165, 1.54) is 5.56 Å². The number of pyridine rings is 2. The molecule has 3 aromatic rings. The number of nitrogens with one attached hydrogen (secondary N) is 1. The van der Waals surface area contributed by atoms with Crippen LogP contribution in [0.15, 0.2) is 61.1 Å². The van der Waals surface area contributed by atoms with Crippen molar-refractivity contribution in [3.05, 3.63) is 72.2 Å². The zero-order chi connectivity index (χ0) is 14.5. The second kappa shape index (κ2) is 6.18. The number of nitrogens with zero attached hydrogens (tertiary/aromatic N) is 2. The van der Waals surface area contributed by atoms with Crippen LogP contribution in [-0.2, 0) is 0 Å². The first-order chi connectivity index (χ1) is 10.3. The fourth-order valence-electron chi connectivity index (χ4n) is 2.17. The third-order valence-corrected chi connectivity index (χ3v) is 3.28. The Morgan fingerprint density at radius 3 is 2.81 bits per heavy atom. The van der Waals surface area contributed by atoms with Crippen molar-refractivity contribution in [3.8, 4) is 0 Å². The van der Waals surface area contributed by atoms with E-state index in [1.807, 2.05) is 18.3 Å². The van der Waals surface area contributed by atoms with Crippen molar-refractivity contribution < 1.29 is 0 Å². The van der Waals surface area contributed by atoms with Gasteiger partial charge < -0.3 is 5.32 Å². The normalized spacial score (nSPS) is 11.1. The summed E-state index contributed by atoms with van der Waals surface area (Å²) in [6.07, 6.45) is 9.63. The number of hydrogen-bond donors (Lipinski definition) is 1. The molecule has 0 aliphatic heterocycles. The zero-order valence-corrected chi connectivity index (χ0v) is 12.0. The number of hydrogen-bond acceptors (Lipinski definition) is 3. The van der Waals surface area contributed by atoms with Gasteiger partial charge in [-0.3, -0.25) is 9.97 Å². The Bertz CT molecular complexity index is 764. The van der Waals surface area contributed by atoms with Crippen LogP contribution in [0.4, 0.5) is 5.69 Å². The topological polar surface area (TPSA) is 37.8 Å². The average molecular weight is 275 g/mol. The monoisotopic (exact) mass is 275 g/mol. The van der Waals surface area contributed by atoms with Gasteiger partial charge in [-0.25, -0.2) is 0 Å². The van der Waals surface area contributed by atoms with Gasteiger partial charge in [-0.05, 0) is 42.3 Å². The molecular weight excluding hydrogens is 258 g/mol. The number of rotatable bonds is 4. The first-order valence-electron chi connectivity index (χ1n) is 6.98. The van der Waals surface area contributed by atoms with E-state index in [4.69, 9.17) is 0 Å². The molecule has 0 saturated heterocycles. The Morgan fingerprint density at radius 1 is 1.10 bits per heavy atom. The number of aromatic nitrogens is 2. The molecule has 3 heteroatoms. The van der Waals surface area contributed by atoms with Gasteiger partial charge in [0.2, 0.25) is 0 Å². The predicted molar refractivity (Wildman–Crippen MR) is 88.2 cm³/mol. The van der Waals surface area contributed by atoms with E-state index in [-0.39, 0.29) is 0 Å². The summed E-state index contributed by atoms with van der Waals surface area (Å²) >= 11 is 0. The van der Waals surface area contributed by atoms with Gasteiger partial charge in [-0.1, -0.05) is 24.3 Å². The lowest BCUT2D eigenvalue weighted by Gasteiger charge is -2.05.